The van der Waals surface area contributed by atoms with Crippen LogP contribution in [0.2, 0.25) is 0 Å². The molecule has 1 fully saturated rings. The van der Waals surface area contributed by atoms with Crippen LogP contribution in [0.3, 0.4) is 0 Å². The molecule has 0 saturated carbocycles. The number of hydrogen-bond acceptors (Lipinski definition) is 3. The van der Waals surface area contributed by atoms with E-state index >= 15 is 0 Å². The SMILES string of the molecule is O=C(Cc1ccc2c(c1)CCC2)N1CCN(c2ccccn2)CC1. The van der Waals surface area contributed by atoms with Gasteiger partial charge in [-0.25, -0.2) is 4.98 Å². The third-order valence-electron chi connectivity index (χ3n) is 5.12. The van der Waals surface area contributed by atoms with Crippen molar-refractivity contribution in [1.82, 2.24) is 9.88 Å². The fourth-order valence-corrected chi connectivity index (χ4v) is 3.75. The Hall–Kier alpha value is -2.36. The predicted molar refractivity (Wildman–Crippen MR) is 95.2 cm³/mol. The van der Waals surface area contributed by atoms with E-state index in [1.165, 1.54) is 30.4 Å². The van der Waals surface area contributed by atoms with Gasteiger partial charge in [0.1, 0.15) is 5.82 Å². The largest absolute Gasteiger partial charge is 0.353 e. The zero-order chi connectivity index (χ0) is 16.4. The molecule has 1 aliphatic carbocycles. The third-order valence-corrected chi connectivity index (χ3v) is 5.12. The number of amides is 1. The summed E-state index contributed by atoms with van der Waals surface area (Å²) in [6.45, 7) is 3.26. The Morgan fingerprint density at radius 1 is 1.00 bits per heavy atom. The predicted octanol–water partition coefficient (Wildman–Crippen LogP) is 2.46. The number of carbonyl (C=O) groups excluding carboxylic acids is 1. The van der Waals surface area contributed by atoms with Crippen molar-refractivity contribution >= 4 is 11.7 Å². The molecule has 1 aliphatic heterocycles. The molecule has 2 aromatic rings. The summed E-state index contributed by atoms with van der Waals surface area (Å²) in [4.78, 5) is 21.2. The summed E-state index contributed by atoms with van der Waals surface area (Å²) < 4.78 is 0. The maximum atomic E-state index is 12.6. The number of hydrogen-bond donors (Lipinski definition) is 0. The number of pyridine rings is 1. The van der Waals surface area contributed by atoms with Crippen molar-refractivity contribution in [1.29, 1.82) is 0 Å². The number of aryl methyl sites for hydroxylation is 2. The van der Waals surface area contributed by atoms with Gasteiger partial charge in [-0.1, -0.05) is 24.3 Å². The van der Waals surface area contributed by atoms with E-state index in [1.54, 1.807) is 0 Å². The lowest BCUT2D eigenvalue weighted by Gasteiger charge is -2.35. The fraction of sp³-hybridized carbons (Fsp3) is 0.400. The summed E-state index contributed by atoms with van der Waals surface area (Å²) >= 11 is 0. The average Bonchev–Trinajstić information content (AvgIpc) is 3.10. The lowest BCUT2D eigenvalue weighted by atomic mass is 10.0. The molecule has 2 heterocycles. The zero-order valence-electron chi connectivity index (χ0n) is 13.9. The van der Waals surface area contributed by atoms with E-state index in [4.69, 9.17) is 0 Å². The Morgan fingerprint density at radius 2 is 1.83 bits per heavy atom. The molecule has 0 N–H and O–H groups in total. The fourth-order valence-electron chi connectivity index (χ4n) is 3.75. The van der Waals surface area contributed by atoms with E-state index < -0.39 is 0 Å². The average molecular weight is 321 g/mol. The first-order valence-electron chi connectivity index (χ1n) is 8.84. The van der Waals surface area contributed by atoms with Crippen LogP contribution in [-0.4, -0.2) is 42.0 Å². The number of fused-ring (bicyclic) bond motifs is 1. The van der Waals surface area contributed by atoms with Gasteiger partial charge in [-0.3, -0.25) is 4.79 Å². The lowest BCUT2D eigenvalue weighted by molar-refractivity contribution is -0.130. The minimum absolute atomic E-state index is 0.244. The summed E-state index contributed by atoms with van der Waals surface area (Å²) in [6, 6.07) is 12.6. The lowest BCUT2D eigenvalue weighted by Crippen LogP contribution is -2.49. The minimum atomic E-state index is 0.244. The Morgan fingerprint density at radius 3 is 2.62 bits per heavy atom. The van der Waals surface area contributed by atoms with Crippen LogP contribution < -0.4 is 4.90 Å². The smallest absolute Gasteiger partial charge is 0.227 e. The topological polar surface area (TPSA) is 36.4 Å². The molecule has 2 aliphatic rings. The molecule has 0 atom stereocenters. The molecule has 1 saturated heterocycles. The molecular formula is C20H23N3O. The molecule has 24 heavy (non-hydrogen) atoms. The van der Waals surface area contributed by atoms with Crippen molar-refractivity contribution in [3.63, 3.8) is 0 Å². The first-order valence-corrected chi connectivity index (χ1v) is 8.84. The van der Waals surface area contributed by atoms with Crippen molar-refractivity contribution in [3.05, 3.63) is 59.3 Å². The molecule has 0 radical (unpaired) electrons. The third kappa shape index (κ3) is 3.14. The Bertz CT molecular complexity index is 721. The highest BCUT2D eigenvalue weighted by Gasteiger charge is 2.22. The van der Waals surface area contributed by atoms with Crippen LogP contribution in [0.15, 0.2) is 42.6 Å². The second-order valence-corrected chi connectivity index (χ2v) is 6.69. The van der Waals surface area contributed by atoms with Gasteiger partial charge in [-0.05, 0) is 48.1 Å². The molecule has 124 valence electrons. The second-order valence-electron chi connectivity index (χ2n) is 6.69. The van der Waals surface area contributed by atoms with Crippen LogP contribution in [0.25, 0.3) is 0 Å². The van der Waals surface area contributed by atoms with Gasteiger partial charge in [0.05, 0.1) is 6.42 Å². The van der Waals surface area contributed by atoms with Crippen molar-refractivity contribution < 1.29 is 4.79 Å². The summed E-state index contributed by atoms with van der Waals surface area (Å²) in [6.07, 6.45) is 5.96. The monoisotopic (exact) mass is 321 g/mol. The minimum Gasteiger partial charge on any atom is -0.353 e. The molecule has 0 unspecified atom stereocenters. The normalized spacial score (nSPS) is 17.0. The van der Waals surface area contributed by atoms with Crippen LogP contribution in [0.4, 0.5) is 5.82 Å². The highest BCUT2D eigenvalue weighted by molar-refractivity contribution is 5.79. The Balaban J connectivity index is 1.35. The highest BCUT2D eigenvalue weighted by Crippen LogP contribution is 2.23. The number of rotatable bonds is 3. The standard InChI is InChI=1S/C20H23N3O/c24-20(15-16-7-8-17-4-3-5-18(17)14-16)23-12-10-22(11-13-23)19-6-1-2-9-21-19/h1-2,6-9,14H,3-5,10-13,15H2. The van der Waals surface area contributed by atoms with Gasteiger partial charge in [-0.2, -0.15) is 0 Å². The molecule has 4 nitrogen and oxygen atoms in total. The summed E-state index contributed by atoms with van der Waals surface area (Å²) in [5.41, 5.74) is 4.07. The number of aromatic nitrogens is 1. The van der Waals surface area contributed by atoms with E-state index in [2.05, 4.69) is 28.1 Å². The molecule has 1 amide bonds. The second kappa shape index (κ2) is 6.63. The molecule has 1 aromatic heterocycles. The number of nitrogens with zero attached hydrogens (tertiary/aromatic N) is 3. The van der Waals surface area contributed by atoms with Crippen molar-refractivity contribution in [2.75, 3.05) is 31.1 Å². The van der Waals surface area contributed by atoms with Crippen molar-refractivity contribution in [3.8, 4) is 0 Å². The van der Waals surface area contributed by atoms with Gasteiger partial charge in [0, 0.05) is 32.4 Å². The molecule has 1 aromatic carbocycles. The number of piperazine rings is 1. The molecular weight excluding hydrogens is 298 g/mol. The molecule has 0 spiro atoms. The molecule has 0 bridgehead atoms. The van der Waals surface area contributed by atoms with Gasteiger partial charge in [-0.15, -0.1) is 0 Å². The van der Waals surface area contributed by atoms with E-state index in [-0.39, 0.29) is 5.91 Å². The Kier molecular flexibility index (Phi) is 4.20. The van der Waals surface area contributed by atoms with Gasteiger partial charge in [0.15, 0.2) is 0 Å². The highest BCUT2D eigenvalue weighted by atomic mass is 16.2. The quantitative estimate of drug-likeness (QED) is 0.871. The van der Waals surface area contributed by atoms with E-state index in [1.807, 2.05) is 29.3 Å². The van der Waals surface area contributed by atoms with Crippen LogP contribution in [0, 0.1) is 0 Å². The summed E-state index contributed by atoms with van der Waals surface area (Å²) in [5.74, 6) is 1.25. The van der Waals surface area contributed by atoms with Crippen LogP contribution in [0.1, 0.15) is 23.1 Å². The van der Waals surface area contributed by atoms with E-state index in [0.717, 1.165) is 37.6 Å². The Labute approximate surface area is 143 Å². The van der Waals surface area contributed by atoms with E-state index in [0.29, 0.717) is 6.42 Å². The van der Waals surface area contributed by atoms with Crippen molar-refractivity contribution in [2.24, 2.45) is 0 Å². The molecule has 4 rings (SSSR count). The van der Waals surface area contributed by atoms with Crippen LogP contribution >= 0.6 is 0 Å². The van der Waals surface area contributed by atoms with Gasteiger partial charge in [0.2, 0.25) is 5.91 Å². The van der Waals surface area contributed by atoms with Crippen LogP contribution in [-0.2, 0) is 24.1 Å². The first-order chi connectivity index (χ1) is 11.8. The van der Waals surface area contributed by atoms with Gasteiger partial charge >= 0.3 is 0 Å². The van der Waals surface area contributed by atoms with Gasteiger partial charge in [0.25, 0.3) is 0 Å². The number of anilines is 1. The van der Waals surface area contributed by atoms with Gasteiger partial charge < -0.3 is 9.80 Å². The number of benzene rings is 1. The van der Waals surface area contributed by atoms with Crippen LogP contribution in [0.5, 0.6) is 0 Å². The summed E-state index contributed by atoms with van der Waals surface area (Å²) in [7, 11) is 0. The zero-order valence-corrected chi connectivity index (χ0v) is 13.9. The maximum absolute atomic E-state index is 12.6. The van der Waals surface area contributed by atoms with Crippen molar-refractivity contribution in [2.45, 2.75) is 25.7 Å². The number of carbonyl (C=O) groups is 1. The molecule has 4 heteroatoms. The maximum Gasteiger partial charge on any atom is 0.227 e. The summed E-state index contributed by atoms with van der Waals surface area (Å²) in [5, 5.41) is 0. The van der Waals surface area contributed by atoms with E-state index in [9.17, 15) is 4.79 Å². The first kappa shape index (κ1) is 15.2.